The molecule has 0 saturated heterocycles. The van der Waals surface area contributed by atoms with E-state index in [1.807, 2.05) is 62.4 Å². The quantitative estimate of drug-likeness (QED) is 0.310. The van der Waals surface area contributed by atoms with Crippen molar-refractivity contribution in [3.05, 3.63) is 96.1 Å². The van der Waals surface area contributed by atoms with E-state index in [-0.39, 0.29) is 5.92 Å². The maximum absolute atomic E-state index is 13.6. The number of fused-ring (bicyclic) bond motifs is 4. The molecule has 182 valence electrons. The van der Waals surface area contributed by atoms with Gasteiger partial charge in [0.1, 0.15) is 11.6 Å². The fourth-order valence-electron chi connectivity index (χ4n) is 4.94. The average Bonchev–Trinajstić information content (AvgIpc) is 3.45. The van der Waals surface area contributed by atoms with Crippen LogP contribution in [0.3, 0.4) is 0 Å². The Morgan fingerprint density at radius 2 is 1.43 bits per heavy atom. The van der Waals surface area contributed by atoms with Crippen LogP contribution in [-0.4, -0.2) is 33.6 Å². The maximum Gasteiger partial charge on any atom is 0.262 e. The molecule has 0 fully saturated rings. The first-order chi connectivity index (χ1) is 17.9. The van der Waals surface area contributed by atoms with Crippen LogP contribution in [0.1, 0.15) is 34.6 Å². The summed E-state index contributed by atoms with van der Waals surface area (Å²) in [6, 6.07) is 24.6. The summed E-state index contributed by atoms with van der Waals surface area (Å²) in [6.45, 7) is 3.62. The van der Waals surface area contributed by atoms with Crippen LogP contribution < -0.4 is 5.32 Å². The molecule has 5 aromatic rings. The highest BCUT2D eigenvalue weighted by Gasteiger charge is 2.44. The van der Waals surface area contributed by atoms with Gasteiger partial charge >= 0.3 is 0 Å². The highest BCUT2D eigenvalue weighted by Crippen LogP contribution is 2.34. The summed E-state index contributed by atoms with van der Waals surface area (Å²) < 4.78 is 6.09. The zero-order valence-electron chi connectivity index (χ0n) is 20.3. The molecule has 1 atom stereocenters. The van der Waals surface area contributed by atoms with Gasteiger partial charge in [0, 0.05) is 5.39 Å². The molecule has 1 aliphatic rings. The topological polar surface area (TPSA) is 92.5 Å². The van der Waals surface area contributed by atoms with Crippen molar-refractivity contribution in [2.75, 3.05) is 5.32 Å². The van der Waals surface area contributed by atoms with Crippen LogP contribution >= 0.6 is 0 Å². The molecule has 0 aliphatic carbocycles. The monoisotopic (exact) mass is 489 g/mol. The number of nitrogens with one attached hydrogen (secondary N) is 1. The molecule has 7 heteroatoms. The summed E-state index contributed by atoms with van der Waals surface area (Å²) in [4.78, 5) is 45.6. The minimum absolute atomic E-state index is 0.310. The lowest BCUT2D eigenvalue weighted by Crippen LogP contribution is -2.50. The second-order valence-electron chi connectivity index (χ2n) is 9.40. The van der Waals surface area contributed by atoms with E-state index < -0.39 is 23.8 Å². The van der Waals surface area contributed by atoms with E-state index in [2.05, 4.69) is 5.32 Å². The van der Waals surface area contributed by atoms with Crippen molar-refractivity contribution in [2.45, 2.75) is 19.9 Å². The van der Waals surface area contributed by atoms with Crippen LogP contribution in [0.4, 0.5) is 5.69 Å². The molecular weight excluding hydrogens is 466 g/mol. The number of hydrogen-bond acceptors (Lipinski definition) is 5. The Bertz CT molecular complexity index is 1680. The van der Waals surface area contributed by atoms with Gasteiger partial charge in [-0.3, -0.25) is 19.3 Å². The Hall–Kier alpha value is -4.78. The SMILES string of the molecule is CC(C)C(C(=O)Nc1ccccc1-c1nc2c(ccc3ccccc32)o1)N1C(=O)c2ccccc2C1=O. The standard InChI is InChI=1S/C30H23N3O4/c1-17(2)26(33-29(35)20-11-5-6-12-21(20)30(33)36)27(34)31-23-14-8-7-13-22(23)28-32-25-19-10-4-3-9-18(19)15-16-24(25)37-28/h3-17,26H,1-2H3,(H,31,34). The second-order valence-corrected chi connectivity index (χ2v) is 9.40. The molecule has 1 aromatic heterocycles. The molecule has 37 heavy (non-hydrogen) atoms. The number of benzene rings is 4. The third kappa shape index (κ3) is 3.67. The zero-order valence-corrected chi connectivity index (χ0v) is 20.3. The molecule has 1 aliphatic heterocycles. The predicted molar refractivity (Wildman–Crippen MR) is 141 cm³/mol. The molecule has 6 rings (SSSR count). The third-order valence-electron chi connectivity index (χ3n) is 6.70. The van der Waals surface area contributed by atoms with E-state index in [1.165, 1.54) is 0 Å². The first kappa shape index (κ1) is 22.7. The van der Waals surface area contributed by atoms with Gasteiger partial charge in [-0.05, 0) is 41.6 Å². The summed E-state index contributed by atoms with van der Waals surface area (Å²) in [5.74, 6) is -1.34. The summed E-state index contributed by atoms with van der Waals surface area (Å²) in [6.07, 6.45) is 0. The van der Waals surface area contributed by atoms with Gasteiger partial charge in [-0.1, -0.05) is 68.4 Å². The molecule has 0 radical (unpaired) electrons. The number of anilines is 1. The number of carbonyl (C=O) groups excluding carboxylic acids is 3. The highest BCUT2D eigenvalue weighted by molar-refractivity contribution is 6.23. The van der Waals surface area contributed by atoms with Gasteiger partial charge in [-0.15, -0.1) is 0 Å². The Balaban J connectivity index is 1.36. The predicted octanol–water partition coefficient (Wildman–Crippen LogP) is 5.91. The van der Waals surface area contributed by atoms with Gasteiger partial charge in [0.2, 0.25) is 11.8 Å². The number of para-hydroxylation sites is 1. The molecule has 4 aromatic carbocycles. The van der Waals surface area contributed by atoms with E-state index in [4.69, 9.17) is 9.40 Å². The van der Waals surface area contributed by atoms with Crippen molar-refractivity contribution in [1.82, 2.24) is 9.88 Å². The summed E-state index contributed by atoms with van der Waals surface area (Å²) in [5, 5.41) is 4.96. The summed E-state index contributed by atoms with van der Waals surface area (Å²) in [5.41, 5.74) is 3.07. The van der Waals surface area contributed by atoms with Crippen LogP contribution in [0.2, 0.25) is 0 Å². The largest absolute Gasteiger partial charge is 0.436 e. The molecule has 7 nitrogen and oxygen atoms in total. The Morgan fingerprint density at radius 1 is 0.811 bits per heavy atom. The van der Waals surface area contributed by atoms with Crippen molar-refractivity contribution >= 4 is 45.3 Å². The van der Waals surface area contributed by atoms with Crippen LogP contribution in [0, 0.1) is 5.92 Å². The van der Waals surface area contributed by atoms with E-state index in [1.54, 1.807) is 36.4 Å². The Labute approximate surface area is 212 Å². The van der Waals surface area contributed by atoms with Crippen molar-refractivity contribution < 1.29 is 18.8 Å². The number of imide groups is 1. The second kappa shape index (κ2) is 8.71. The first-order valence-electron chi connectivity index (χ1n) is 12.1. The molecule has 1 N–H and O–H groups in total. The Kier molecular flexibility index (Phi) is 5.34. The number of oxazole rings is 1. The maximum atomic E-state index is 13.6. The number of carbonyl (C=O) groups is 3. The van der Waals surface area contributed by atoms with Gasteiger partial charge < -0.3 is 9.73 Å². The average molecular weight is 490 g/mol. The van der Waals surface area contributed by atoms with Gasteiger partial charge in [-0.25, -0.2) is 4.98 Å². The fraction of sp³-hybridized carbons (Fsp3) is 0.133. The molecule has 1 unspecified atom stereocenters. The minimum atomic E-state index is -0.993. The number of amides is 3. The van der Waals surface area contributed by atoms with E-state index in [0.717, 1.165) is 21.2 Å². The van der Waals surface area contributed by atoms with Crippen LogP contribution in [0.25, 0.3) is 33.3 Å². The molecule has 2 heterocycles. The van der Waals surface area contributed by atoms with Gasteiger partial charge in [0.25, 0.3) is 11.8 Å². The van der Waals surface area contributed by atoms with Crippen LogP contribution in [-0.2, 0) is 4.79 Å². The summed E-state index contributed by atoms with van der Waals surface area (Å²) in [7, 11) is 0. The van der Waals surface area contributed by atoms with Crippen LogP contribution in [0.15, 0.2) is 89.3 Å². The lowest BCUT2D eigenvalue weighted by Gasteiger charge is -2.28. The van der Waals surface area contributed by atoms with Crippen molar-refractivity contribution in [3.63, 3.8) is 0 Å². The smallest absolute Gasteiger partial charge is 0.262 e. The van der Waals surface area contributed by atoms with Crippen molar-refractivity contribution in [2.24, 2.45) is 5.92 Å². The Morgan fingerprint density at radius 3 is 2.14 bits per heavy atom. The third-order valence-corrected chi connectivity index (χ3v) is 6.70. The molecule has 0 bridgehead atoms. The first-order valence-corrected chi connectivity index (χ1v) is 12.1. The van der Waals surface area contributed by atoms with Crippen molar-refractivity contribution in [3.8, 4) is 11.5 Å². The molecule has 0 spiro atoms. The molecule has 0 saturated carbocycles. The molecule has 3 amide bonds. The minimum Gasteiger partial charge on any atom is -0.436 e. The lowest BCUT2D eigenvalue weighted by molar-refractivity contribution is -0.121. The molecular formula is C30H23N3O4. The number of rotatable bonds is 5. The number of aromatic nitrogens is 1. The van der Waals surface area contributed by atoms with Crippen LogP contribution in [0.5, 0.6) is 0 Å². The normalized spacial score (nSPS) is 14.0. The van der Waals surface area contributed by atoms with Gasteiger partial charge in [0.05, 0.1) is 22.4 Å². The van der Waals surface area contributed by atoms with E-state index in [9.17, 15) is 14.4 Å². The van der Waals surface area contributed by atoms with Gasteiger partial charge in [0.15, 0.2) is 5.58 Å². The van der Waals surface area contributed by atoms with E-state index in [0.29, 0.717) is 33.9 Å². The summed E-state index contributed by atoms with van der Waals surface area (Å²) >= 11 is 0. The number of nitrogens with zero attached hydrogens (tertiary/aromatic N) is 2. The number of hydrogen-bond donors (Lipinski definition) is 1. The lowest BCUT2D eigenvalue weighted by atomic mass is 10.0. The van der Waals surface area contributed by atoms with E-state index >= 15 is 0 Å². The zero-order chi connectivity index (χ0) is 25.7. The van der Waals surface area contributed by atoms with Crippen molar-refractivity contribution in [1.29, 1.82) is 0 Å². The van der Waals surface area contributed by atoms with Gasteiger partial charge in [-0.2, -0.15) is 0 Å². The fourth-order valence-corrected chi connectivity index (χ4v) is 4.94. The highest BCUT2D eigenvalue weighted by atomic mass is 16.3.